The number of ketones is 1. The number of nitrogens with zero attached hydrogens (tertiary/aromatic N) is 3. The summed E-state index contributed by atoms with van der Waals surface area (Å²) in [5, 5.41) is 4.12. The fourth-order valence-corrected chi connectivity index (χ4v) is 2.02. The van der Waals surface area contributed by atoms with Crippen LogP contribution in [0.2, 0.25) is 0 Å². The van der Waals surface area contributed by atoms with Crippen LogP contribution in [0, 0.1) is 6.92 Å². The largest absolute Gasteiger partial charge is 0.398 e. The molecule has 5 heteroatoms. The SMILES string of the molecule is CCCn1ncnc1CC(=O)c1cccc(N)c1C. The maximum Gasteiger partial charge on any atom is 0.170 e. The van der Waals surface area contributed by atoms with Gasteiger partial charge in [-0.05, 0) is 25.0 Å². The lowest BCUT2D eigenvalue weighted by Crippen LogP contribution is -2.13. The fourth-order valence-electron chi connectivity index (χ4n) is 2.02. The summed E-state index contributed by atoms with van der Waals surface area (Å²) in [5.74, 6) is 0.726. The summed E-state index contributed by atoms with van der Waals surface area (Å²) >= 11 is 0. The van der Waals surface area contributed by atoms with E-state index in [0.717, 1.165) is 18.5 Å². The second-order valence-corrected chi connectivity index (χ2v) is 4.52. The minimum Gasteiger partial charge on any atom is -0.398 e. The molecule has 0 aliphatic carbocycles. The average Bonchev–Trinajstić information content (AvgIpc) is 2.80. The van der Waals surface area contributed by atoms with Gasteiger partial charge >= 0.3 is 0 Å². The summed E-state index contributed by atoms with van der Waals surface area (Å²) in [6, 6.07) is 5.40. The van der Waals surface area contributed by atoms with Gasteiger partial charge in [0.15, 0.2) is 5.78 Å². The van der Waals surface area contributed by atoms with Crippen molar-refractivity contribution in [2.45, 2.75) is 33.2 Å². The zero-order valence-electron chi connectivity index (χ0n) is 11.3. The van der Waals surface area contributed by atoms with Crippen molar-refractivity contribution in [1.82, 2.24) is 14.8 Å². The van der Waals surface area contributed by atoms with Crippen LogP contribution in [0.3, 0.4) is 0 Å². The molecule has 19 heavy (non-hydrogen) atoms. The first-order valence-corrected chi connectivity index (χ1v) is 6.38. The predicted octanol–water partition coefficient (Wildman–Crippen LogP) is 2.00. The van der Waals surface area contributed by atoms with Gasteiger partial charge in [-0.2, -0.15) is 5.10 Å². The molecule has 0 amide bonds. The number of carbonyl (C=O) groups is 1. The van der Waals surface area contributed by atoms with Crippen molar-refractivity contribution >= 4 is 11.5 Å². The van der Waals surface area contributed by atoms with E-state index in [-0.39, 0.29) is 12.2 Å². The smallest absolute Gasteiger partial charge is 0.170 e. The Kier molecular flexibility index (Phi) is 3.94. The topological polar surface area (TPSA) is 73.8 Å². The Morgan fingerprint density at radius 3 is 2.95 bits per heavy atom. The molecule has 2 N–H and O–H groups in total. The number of rotatable bonds is 5. The molecule has 2 aromatic rings. The summed E-state index contributed by atoms with van der Waals surface area (Å²) in [6.07, 6.45) is 2.71. The van der Waals surface area contributed by atoms with E-state index in [9.17, 15) is 4.79 Å². The molecule has 0 spiro atoms. The molecule has 0 saturated carbocycles. The van der Waals surface area contributed by atoms with Gasteiger partial charge in [0.2, 0.25) is 0 Å². The number of hydrogen-bond donors (Lipinski definition) is 1. The Labute approximate surface area is 112 Å². The van der Waals surface area contributed by atoms with E-state index in [4.69, 9.17) is 5.73 Å². The number of aryl methyl sites for hydroxylation is 1. The van der Waals surface area contributed by atoms with Crippen LogP contribution in [0.15, 0.2) is 24.5 Å². The van der Waals surface area contributed by atoms with Gasteiger partial charge in [-0.25, -0.2) is 9.67 Å². The molecule has 0 aliphatic heterocycles. The second-order valence-electron chi connectivity index (χ2n) is 4.52. The Balaban J connectivity index is 2.21. The first kappa shape index (κ1) is 13.3. The van der Waals surface area contributed by atoms with Crippen LogP contribution in [0.5, 0.6) is 0 Å². The molecule has 100 valence electrons. The molecule has 2 rings (SSSR count). The highest BCUT2D eigenvalue weighted by molar-refractivity contribution is 5.99. The van der Waals surface area contributed by atoms with Gasteiger partial charge in [-0.3, -0.25) is 4.79 Å². The van der Waals surface area contributed by atoms with Crippen molar-refractivity contribution in [2.75, 3.05) is 5.73 Å². The van der Waals surface area contributed by atoms with Gasteiger partial charge in [0, 0.05) is 17.8 Å². The number of hydrogen-bond acceptors (Lipinski definition) is 4. The van der Waals surface area contributed by atoms with Gasteiger partial charge in [0.05, 0.1) is 6.42 Å². The number of nitrogens with two attached hydrogens (primary N) is 1. The van der Waals surface area contributed by atoms with Crippen LogP contribution in [-0.2, 0) is 13.0 Å². The lowest BCUT2D eigenvalue weighted by atomic mass is 10.0. The highest BCUT2D eigenvalue weighted by Gasteiger charge is 2.14. The highest BCUT2D eigenvalue weighted by Crippen LogP contribution is 2.17. The van der Waals surface area contributed by atoms with E-state index in [2.05, 4.69) is 17.0 Å². The Morgan fingerprint density at radius 2 is 2.21 bits per heavy atom. The number of aromatic nitrogens is 3. The number of Topliss-reactive ketones (excluding diaryl/α,β-unsaturated/α-hetero) is 1. The summed E-state index contributed by atoms with van der Waals surface area (Å²) in [4.78, 5) is 16.5. The van der Waals surface area contributed by atoms with Gasteiger partial charge in [0.1, 0.15) is 12.2 Å². The summed E-state index contributed by atoms with van der Waals surface area (Å²) in [7, 11) is 0. The van der Waals surface area contributed by atoms with Crippen molar-refractivity contribution in [3.8, 4) is 0 Å². The maximum absolute atomic E-state index is 12.3. The van der Waals surface area contributed by atoms with E-state index in [1.54, 1.807) is 22.9 Å². The number of nitrogen functional groups attached to an aromatic ring is 1. The maximum atomic E-state index is 12.3. The van der Waals surface area contributed by atoms with Crippen molar-refractivity contribution in [2.24, 2.45) is 0 Å². The van der Waals surface area contributed by atoms with Crippen molar-refractivity contribution in [1.29, 1.82) is 0 Å². The van der Waals surface area contributed by atoms with E-state index in [1.807, 2.05) is 6.92 Å². The number of benzene rings is 1. The fraction of sp³-hybridized carbons (Fsp3) is 0.357. The van der Waals surface area contributed by atoms with Crippen molar-refractivity contribution in [3.05, 3.63) is 41.5 Å². The zero-order chi connectivity index (χ0) is 13.8. The van der Waals surface area contributed by atoms with Crippen LogP contribution >= 0.6 is 0 Å². The third-order valence-electron chi connectivity index (χ3n) is 3.13. The molecule has 0 radical (unpaired) electrons. The monoisotopic (exact) mass is 258 g/mol. The Bertz CT molecular complexity index is 589. The van der Waals surface area contributed by atoms with E-state index in [0.29, 0.717) is 17.1 Å². The lowest BCUT2D eigenvalue weighted by Gasteiger charge is -2.08. The van der Waals surface area contributed by atoms with Gasteiger partial charge in [-0.15, -0.1) is 0 Å². The van der Waals surface area contributed by atoms with Crippen LogP contribution < -0.4 is 5.73 Å². The number of carbonyl (C=O) groups excluding carboxylic acids is 1. The Hall–Kier alpha value is -2.17. The molecule has 1 heterocycles. The van der Waals surface area contributed by atoms with Crippen molar-refractivity contribution in [3.63, 3.8) is 0 Å². The average molecular weight is 258 g/mol. The minimum absolute atomic E-state index is 0.0233. The van der Waals surface area contributed by atoms with Crippen LogP contribution in [-0.4, -0.2) is 20.5 Å². The Morgan fingerprint density at radius 1 is 1.42 bits per heavy atom. The quantitative estimate of drug-likeness (QED) is 0.657. The molecule has 0 fully saturated rings. The normalized spacial score (nSPS) is 10.6. The molecule has 0 bridgehead atoms. The molecule has 0 unspecified atom stereocenters. The predicted molar refractivity (Wildman–Crippen MR) is 73.9 cm³/mol. The molecule has 0 saturated heterocycles. The molecule has 5 nitrogen and oxygen atoms in total. The van der Waals surface area contributed by atoms with Gasteiger partial charge in [0.25, 0.3) is 0 Å². The van der Waals surface area contributed by atoms with Crippen LogP contribution in [0.25, 0.3) is 0 Å². The van der Waals surface area contributed by atoms with E-state index < -0.39 is 0 Å². The molecule has 1 aromatic carbocycles. The third kappa shape index (κ3) is 2.81. The molecule has 0 atom stereocenters. The lowest BCUT2D eigenvalue weighted by molar-refractivity contribution is 0.0988. The van der Waals surface area contributed by atoms with Crippen molar-refractivity contribution < 1.29 is 4.79 Å². The molecule has 0 aliphatic rings. The summed E-state index contributed by atoms with van der Waals surface area (Å²) in [5.41, 5.74) is 7.95. The standard InChI is InChI=1S/C14H18N4O/c1-3-7-18-14(16-9-17-18)8-13(19)11-5-4-6-12(15)10(11)2/h4-6,9H,3,7-8,15H2,1-2H3. The minimum atomic E-state index is 0.0233. The third-order valence-corrected chi connectivity index (χ3v) is 3.13. The zero-order valence-corrected chi connectivity index (χ0v) is 11.3. The summed E-state index contributed by atoms with van der Waals surface area (Å²) in [6.45, 7) is 4.70. The van der Waals surface area contributed by atoms with E-state index >= 15 is 0 Å². The van der Waals surface area contributed by atoms with E-state index in [1.165, 1.54) is 6.33 Å². The summed E-state index contributed by atoms with van der Waals surface area (Å²) < 4.78 is 1.78. The first-order chi connectivity index (χ1) is 9.13. The van der Waals surface area contributed by atoms with Gasteiger partial charge < -0.3 is 5.73 Å². The second kappa shape index (κ2) is 5.65. The number of anilines is 1. The molecular weight excluding hydrogens is 240 g/mol. The molecular formula is C14H18N4O. The van der Waals surface area contributed by atoms with Crippen LogP contribution in [0.1, 0.15) is 35.1 Å². The molecule has 1 aromatic heterocycles. The van der Waals surface area contributed by atoms with Crippen LogP contribution in [0.4, 0.5) is 5.69 Å². The van der Waals surface area contributed by atoms with Gasteiger partial charge in [-0.1, -0.05) is 19.1 Å². The first-order valence-electron chi connectivity index (χ1n) is 6.38. The highest BCUT2D eigenvalue weighted by atomic mass is 16.1.